The first-order valence-corrected chi connectivity index (χ1v) is 6.20. The highest BCUT2D eigenvalue weighted by atomic mass is 16.7. The van der Waals surface area contributed by atoms with Crippen molar-refractivity contribution in [1.82, 2.24) is 10.6 Å². The molecule has 1 aliphatic heterocycles. The highest BCUT2D eigenvalue weighted by Gasteiger charge is 2.27. The van der Waals surface area contributed by atoms with Gasteiger partial charge in [-0.05, 0) is 13.8 Å². The molecule has 17 heavy (non-hydrogen) atoms. The fourth-order valence-corrected chi connectivity index (χ4v) is 1.48. The first-order valence-electron chi connectivity index (χ1n) is 6.20. The van der Waals surface area contributed by atoms with E-state index in [1.807, 2.05) is 27.7 Å². The average molecular weight is 244 g/mol. The predicted octanol–water partition coefficient (Wildman–Crippen LogP) is 0.500. The molecule has 100 valence electrons. The van der Waals surface area contributed by atoms with E-state index in [9.17, 15) is 4.79 Å². The summed E-state index contributed by atoms with van der Waals surface area (Å²) in [5, 5.41) is 6.14. The largest absolute Gasteiger partial charge is 0.355 e. The molecule has 0 aliphatic carbocycles. The van der Waals surface area contributed by atoms with Gasteiger partial charge >= 0.3 is 0 Å². The quantitative estimate of drug-likeness (QED) is 0.691. The minimum atomic E-state index is -0.468. The summed E-state index contributed by atoms with van der Waals surface area (Å²) in [5.41, 5.74) is 0. The second-order valence-electron chi connectivity index (χ2n) is 5.12. The Morgan fingerprint density at radius 3 is 2.41 bits per heavy atom. The molecule has 0 aromatic carbocycles. The summed E-state index contributed by atoms with van der Waals surface area (Å²) in [5.74, 6) is -0.342. The first-order chi connectivity index (χ1) is 7.91. The van der Waals surface area contributed by atoms with E-state index in [-0.39, 0.29) is 17.9 Å². The zero-order valence-corrected chi connectivity index (χ0v) is 11.2. The van der Waals surface area contributed by atoms with E-state index in [0.29, 0.717) is 19.8 Å². The van der Waals surface area contributed by atoms with Crippen molar-refractivity contribution in [3.8, 4) is 0 Å². The standard InChI is InChI=1S/C12H24N2O3/c1-9(2)11(15)14-6-5-13-10-7-16-12(3,4)17-8-10/h9-10,13H,5-8H2,1-4H3,(H,14,15). The second kappa shape index (κ2) is 6.33. The van der Waals surface area contributed by atoms with Gasteiger partial charge in [0.2, 0.25) is 5.91 Å². The van der Waals surface area contributed by atoms with Gasteiger partial charge in [-0.15, -0.1) is 0 Å². The van der Waals surface area contributed by atoms with Crippen LogP contribution in [0.4, 0.5) is 0 Å². The van der Waals surface area contributed by atoms with Crippen molar-refractivity contribution in [2.24, 2.45) is 5.92 Å². The van der Waals surface area contributed by atoms with Crippen molar-refractivity contribution in [3.63, 3.8) is 0 Å². The average Bonchev–Trinajstić information content (AvgIpc) is 2.25. The zero-order valence-electron chi connectivity index (χ0n) is 11.2. The molecule has 0 spiro atoms. The van der Waals surface area contributed by atoms with Gasteiger partial charge in [-0.25, -0.2) is 0 Å². The van der Waals surface area contributed by atoms with Crippen molar-refractivity contribution in [2.75, 3.05) is 26.3 Å². The number of carbonyl (C=O) groups is 1. The fraction of sp³-hybridized carbons (Fsp3) is 0.917. The fourth-order valence-electron chi connectivity index (χ4n) is 1.48. The van der Waals surface area contributed by atoms with E-state index in [4.69, 9.17) is 9.47 Å². The normalized spacial score (nSPS) is 20.5. The third-order valence-corrected chi connectivity index (χ3v) is 2.65. The van der Waals surface area contributed by atoms with Gasteiger partial charge < -0.3 is 20.1 Å². The first kappa shape index (κ1) is 14.4. The van der Waals surface area contributed by atoms with Gasteiger partial charge in [0.15, 0.2) is 5.79 Å². The van der Waals surface area contributed by atoms with E-state index in [2.05, 4.69) is 10.6 Å². The van der Waals surface area contributed by atoms with Crippen LogP contribution in [-0.4, -0.2) is 44.0 Å². The Balaban J connectivity index is 2.06. The predicted molar refractivity (Wildman–Crippen MR) is 65.6 cm³/mol. The Morgan fingerprint density at radius 2 is 1.88 bits per heavy atom. The maximum absolute atomic E-state index is 11.3. The van der Waals surface area contributed by atoms with Crippen LogP contribution in [0.2, 0.25) is 0 Å². The molecule has 2 N–H and O–H groups in total. The molecule has 0 radical (unpaired) electrons. The lowest BCUT2D eigenvalue weighted by molar-refractivity contribution is -0.252. The number of rotatable bonds is 5. The van der Waals surface area contributed by atoms with Crippen LogP contribution in [0.5, 0.6) is 0 Å². The van der Waals surface area contributed by atoms with Gasteiger partial charge in [-0.1, -0.05) is 13.8 Å². The minimum Gasteiger partial charge on any atom is -0.355 e. The third-order valence-electron chi connectivity index (χ3n) is 2.65. The molecule has 0 atom stereocenters. The third kappa shape index (κ3) is 5.48. The molecule has 1 rings (SSSR count). The van der Waals surface area contributed by atoms with Crippen molar-refractivity contribution in [2.45, 2.75) is 39.5 Å². The molecular weight excluding hydrogens is 220 g/mol. The minimum absolute atomic E-state index is 0.0390. The summed E-state index contributed by atoms with van der Waals surface area (Å²) in [6.45, 7) is 10.2. The molecular formula is C12H24N2O3. The van der Waals surface area contributed by atoms with E-state index < -0.39 is 5.79 Å². The molecule has 1 aliphatic rings. The molecule has 1 heterocycles. The molecule has 0 aromatic heterocycles. The SMILES string of the molecule is CC(C)C(=O)NCCNC1COC(C)(C)OC1. The van der Waals surface area contributed by atoms with Crippen LogP contribution in [-0.2, 0) is 14.3 Å². The van der Waals surface area contributed by atoms with Gasteiger partial charge in [0, 0.05) is 19.0 Å². The van der Waals surface area contributed by atoms with Gasteiger partial charge in [-0.2, -0.15) is 0 Å². The number of ether oxygens (including phenoxy) is 2. The molecule has 0 saturated carbocycles. The monoisotopic (exact) mass is 244 g/mol. The number of nitrogens with one attached hydrogen (secondary N) is 2. The zero-order chi connectivity index (χ0) is 12.9. The molecule has 0 bridgehead atoms. The topological polar surface area (TPSA) is 59.6 Å². The Bertz CT molecular complexity index is 244. The molecule has 0 aromatic rings. The summed E-state index contributed by atoms with van der Waals surface area (Å²) in [6, 6.07) is 0.207. The van der Waals surface area contributed by atoms with Crippen LogP contribution in [0.3, 0.4) is 0 Å². The van der Waals surface area contributed by atoms with E-state index in [0.717, 1.165) is 6.54 Å². The lowest BCUT2D eigenvalue weighted by Crippen LogP contribution is -2.50. The summed E-state index contributed by atoms with van der Waals surface area (Å²) < 4.78 is 11.0. The summed E-state index contributed by atoms with van der Waals surface area (Å²) in [4.78, 5) is 11.3. The van der Waals surface area contributed by atoms with Crippen LogP contribution in [0, 0.1) is 5.92 Å². The van der Waals surface area contributed by atoms with Crippen LogP contribution in [0.1, 0.15) is 27.7 Å². The van der Waals surface area contributed by atoms with Crippen LogP contribution in [0.15, 0.2) is 0 Å². The van der Waals surface area contributed by atoms with Gasteiger partial charge in [0.25, 0.3) is 0 Å². The number of hydrogen-bond acceptors (Lipinski definition) is 4. The molecule has 5 nitrogen and oxygen atoms in total. The van der Waals surface area contributed by atoms with Crippen molar-refractivity contribution >= 4 is 5.91 Å². The molecule has 0 unspecified atom stereocenters. The number of hydrogen-bond donors (Lipinski definition) is 2. The van der Waals surface area contributed by atoms with Gasteiger partial charge in [-0.3, -0.25) is 4.79 Å². The Morgan fingerprint density at radius 1 is 1.29 bits per heavy atom. The summed E-state index contributed by atoms with van der Waals surface area (Å²) in [6.07, 6.45) is 0. The Kier molecular flexibility index (Phi) is 5.36. The van der Waals surface area contributed by atoms with E-state index in [1.165, 1.54) is 0 Å². The highest BCUT2D eigenvalue weighted by molar-refractivity contribution is 5.77. The van der Waals surface area contributed by atoms with Crippen LogP contribution >= 0.6 is 0 Å². The van der Waals surface area contributed by atoms with Crippen LogP contribution < -0.4 is 10.6 Å². The second-order valence-corrected chi connectivity index (χ2v) is 5.12. The van der Waals surface area contributed by atoms with Gasteiger partial charge in [0.05, 0.1) is 19.3 Å². The van der Waals surface area contributed by atoms with E-state index >= 15 is 0 Å². The van der Waals surface area contributed by atoms with Crippen molar-refractivity contribution in [3.05, 3.63) is 0 Å². The Hall–Kier alpha value is -0.650. The molecule has 1 fully saturated rings. The van der Waals surface area contributed by atoms with Crippen LogP contribution in [0.25, 0.3) is 0 Å². The van der Waals surface area contributed by atoms with E-state index in [1.54, 1.807) is 0 Å². The summed E-state index contributed by atoms with van der Waals surface area (Å²) in [7, 11) is 0. The maximum Gasteiger partial charge on any atom is 0.222 e. The molecule has 5 heteroatoms. The van der Waals surface area contributed by atoms with Crippen molar-refractivity contribution in [1.29, 1.82) is 0 Å². The summed E-state index contributed by atoms with van der Waals surface area (Å²) >= 11 is 0. The number of amides is 1. The highest BCUT2D eigenvalue weighted by Crippen LogP contribution is 2.16. The molecule has 1 amide bonds. The lowest BCUT2D eigenvalue weighted by atomic mass is 10.2. The smallest absolute Gasteiger partial charge is 0.222 e. The number of carbonyl (C=O) groups excluding carboxylic acids is 1. The maximum atomic E-state index is 11.3. The Labute approximate surface area is 103 Å². The van der Waals surface area contributed by atoms with Gasteiger partial charge in [0.1, 0.15) is 0 Å². The van der Waals surface area contributed by atoms with Crippen molar-refractivity contribution < 1.29 is 14.3 Å². The lowest BCUT2D eigenvalue weighted by Gasteiger charge is -2.35. The molecule has 1 saturated heterocycles.